The van der Waals surface area contributed by atoms with Crippen molar-refractivity contribution in [3.63, 3.8) is 0 Å². The average molecular weight is 529 g/mol. The van der Waals surface area contributed by atoms with E-state index in [4.69, 9.17) is 4.98 Å². The number of nitrogens with one attached hydrogen (secondary N) is 2. The van der Waals surface area contributed by atoms with E-state index in [2.05, 4.69) is 41.3 Å². The number of anilines is 3. The molecule has 0 fully saturated rings. The highest BCUT2D eigenvalue weighted by Gasteiger charge is 2.31. The first-order chi connectivity index (χ1) is 16.9. The molecule has 9 nitrogen and oxygen atoms in total. The lowest BCUT2D eigenvalue weighted by atomic mass is 10.1. The number of hydrogen-bond donors (Lipinski definition) is 2. The van der Waals surface area contributed by atoms with E-state index in [1.165, 1.54) is 0 Å². The first kappa shape index (κ1) is 21.5. The van der Waals surface area contributed by atoms with Crippen molar-refractivity contribution in [2.24, 2.45) is 7.05 Å². The Labute approximate surface area is 209 Å². The number of carbonyl (C=O) groups is 1. The van der Waals surface area contributed by atoms with Crippen LogP contribution in [-0.2, 0) is 13.6 Å². The number of para-hydroxylation sites is 1. The van der Waals surface area contributed by atoms with E-state index >= 15 is 0 Å². The summed E-state index contributed by atoms with van der Waals surface area (Å²) < 4.78 is 2.65. The summed E-state index contributed by atoms with van der Waals surface area (Å²) in [5.41, 5.74) is 6.79. The average Bonchev–Trinajstić information content (AvgIpc) is 3.50. The zero-order valence-corrected chi connectivity index (χ0v) is 20.9. The Balaban J connectivity index is 1.39. The van der Waals surface area contributed by atoms with Gasteiger partial charge in [0.15, 0.2) is 5.82 Å². The summed E-state index contributed by atoms with van der Waals surface area (Å²) in [6.07, 6.45) is 5.39. The number of amides is 1. The highest BCUT2D eigenvalue weighted by atomic mass is 79.9. The number of aryl methyl sites for hydroxylation is 3. The maximum atomic E-state index is 13.1. The lowest BCUT2D eigenvalue weighted by Crippen LogP contribution is -2.23. The van der Waals surface area contributed by atoms with Gasteiger partial charge in [-0.05, 0) is 47.5 Å². The summed E-state index contributed by atoms with van der Waals surface area (Å²) in [7, 11) is 1.89. The van der Waals surface area contributed by atoms with Crippen molar-refractivity contribution >= 4 is 50.2 Å². The molecule has 2 N–H and O–H groups in total. The Morgan fingerprint density at radius 3 is 2.77 bits per heavy atom. The summed E-state index contributed by atoms with van der Waals surface area (Å²) in [5, 5.41) is 8.60. The second-order valence-corrected chi connectivity index (χ2v) is 9.52. The number of halogens is 1. The molecule has 5 aromatic rings. The van der Waals surface area contributed by atoms with Crippen molar-refractivity contribution in [3.05, 3.63) is 75.9 Å². The molecule has 0 atom stereocenters. The number of hydrogen-bond acceptors (Lipinski definition) is 6. The molecule has 1 amide bonds. The molecule has 0 radical (unpaired) electrons. The van der Waals surface area contributed by atoms with Gasteiger partial charge >= 0.3 is 0 Å². The molecule has 0 bridgehead atoms. The molecule has 174 valence electrons. The molecular formula is C25H21BrN8O. The SMILES string of the molecule is Cc1cnc(Nc2cc(C)n(C)n2)nc1-c1c[nH]c2c(N3Cc4cc(Br)cnc4C3=O)cccc12. The van der Waals surface area contributed by atoms with Gasteiger partial charge in [-0.25, -0.2) is 15.0 Å². The summed E-state index contributed by atoms with van der Waals surface area (Å²) >= 11 is 3.45. The molecule has 1 aromatic carbocycles. The van der Waals surface area contributed by atoms with Gasteiger partial charge in [0.1, 0.15) is 5.69 Å². The maximum Gasteiger partial charge on any atom is 0.277 e. The van der Waals surface area contributed by atoms with Crippen molar-refractivity contribution in [2.75, 3.05) is 10.2 Å². The van der Waals surface area contributed by atoms with Gasteiger partial charge in [0.05, 0.1) is 23.4 Å². The van der Waals surface area contributed by atoms with Crippen LogP contribution in [0.3, 0.4) is 0 Å². The second kappa shape index (κ2) is 8.02. The smallest absolute Gasteiger partial charge is 0.277 e. The number of nitrogens with zero attached hydrogens (tertiary/aromatic N) is 6. The number of aromatic amines is 1. The highest BCUT2D eigenvalue weighted by molar-refractivity contribution is 9.10. The van der Waals surface area contributed by atoms with Gasteiger partial charge in [0.25, 0.3) is 5.91 Å². The Morgan fingerprint density at radius 2 is 1.97 bits per heavy atom. The third-order valence-corrected chi connectivity index (χ3v) is 6.71. The molecule has 1 aliphatic rings. The molecule has 0 spiro atoms. The fourth-order valence-corrected chi connectivity index (χ4v) is 4.81. The molecule has 0 unspecified atom stereocenters. The van der Waals surface area contributed by atoms with Crippen LogP contribution in [0, 0.1) is 13.8 Å². The quantitative estimate of drug-likeness (QED) is 0.338. The summed E-state index contributed by atoms with van der Waals surface area (Å²) in [5.74, 6) is 1.05. The standard InChI is InChI=1S/C25H21BrN8O/c1-13-9-29-25(30-20-7-14(2)33(3)32-20)31-21(13)18-11-28-23-17(18)5-4-6-19(23)34-12-15-8-16(26)10-27-22(15)24(34)35/h4-11,28H,12H2,1-3H3,(H,29,30,31,32). The topological polar surface area (TPSA) is 105 Å². The minimum atomic E-state index is -0.105. The zero-order chi connectivity index (χ0) is 24.3. The van der Waals surface area contributed by atoms with Gasteiger partial charge in [0.2, 0.25) is 5.95 Å². The van der Waals surface area contributed by atoms with Crippen molar-refractivity contribution in [1.29, 1.82) is 0 Å². The van der Waals surface area contributed by atoms with E-state index in [0.29, 0.717) is 24.0 Å². The van der Waals surface area contributed by atoms with Gasteiger partial charge in [-0.2, -0.15) is 5.10 Å². The molecule has 4 aromatic heterocycles. The molecule has 1 aliphatic heterocycles. The Morgan fingerprint density at radius 1 is 1.11 bits per heavy atom. The fourth-order valence-electron chi connectivity index (χ4n) is 4.43. The van der Waals surface area contributed by atoms with E-state index < -0.39 is 0 Å². The van der Waals surface area contributed by atoms with Crippen LogP contribution in [0.25, 0.3) is 22.2 Å². The lowest BCUT2D eigenvalue weighted by molar-refractivity contribution is 0.0992. The van der Waals surface area contributed by atoms with Crippen LogP contribution in [0.15, 0.2) is 53.4 Å². The third-order valence-electron chi connectivity index (χ3n) is 6.27. The number of benzene rings is 1. The van der Waals surface area contributed by atoms with E-state index in [9.17, 15) is 4.79 Å². The van der Waals surface area contributed by atoms with Crippen molar-refractivity contribution in [3.8, 4) is 11.3 Å². The summed E-state index contributed by atoms with van der Waals surface area (Å²) in [6, 6.07) is 9.83. The van der Waals surface area contributed by atoms with Crippen molar-refractivity contribution in [1.82, 2.24) is 29.7 Å². The summed E-state index contributed by atoms with van der Waals surface area (Å²) in [4.78, 5) is 31.8. The van der Waals surface area contributed by atoms with Crippen molar-refractivity contribution in [2.45, 2.75) is 20.4 Å². The van der Waals surface area contributed by atoms with Crippen LogP contribution in [0.2, 0.25) is 0 Å². The number of carbonyl (C=O) groups excluding carboxylic acids is 1. The molecule has 0 saturated carbocycles. The molecule has 35 heavy (non-hydrogen) atoms. The first-order valence-electron chi connectivity index (χ1n) is 11.1. The van der Waals surface area contributed by atoms with Crippen LogP contribution in [0.5, 0.6) is 0 Å². The number of H-pyrrole nitrogens is 1. The Kier molecular flexibility index (Phi) is 4.92. The number of fused-ring (bicyclic) bond motifs is 2. The molecule has 6 rings (SSSR count). The fraction of sp³-hybridized carbons (Fsp3) is 0.160. The predicted molar refractivity (Wildman–Crippen MR) is 138 cm³/mol. The maximum absolute atomic E-state index is 13.1. The highest BCUT2D eigenvalue weighted by Crippen LogP contribution is 2.37. The van der Waals surface area contributed by atoms with Crippen LogP contribution < -0.4 is 10.2 Å². The van der Waals surface area contributed by atoms with Crippen LogP contribution >= 0.6 is 15.9 Å². The minimum Gasteiger partial charge on any atom is -0.359 e. The van der Waals surface area contributed by atoms with E-state index in [1.807, 2.05) is 57.4 Å². The number of aromatic nitrogens is 6. The number of rotatable bonds is 4. The van der Waals surface area contributed by atoms with Crippen LogP contribution in [-0.4, -0.2) is 35.6 Å². The van der Waals surface area contributed by atoms with Gasteiger partial charge in [0, 0.05) is 58.4 Å². The molecule has 0 aliphatic carbocycles. The molecule has 5 heterocycles. The molecule has 10 heteroatoms. The van der Waals surface area contributed by atoms with Crippen LogP contribution in [0.1, 0.15) is 27.3 Å². The predicted octanol–water partition coefficient (Wildman–Crippen LogP) is 5.04. The van der Waals surface area contributed by atoms with E-state index in [0.717, 1.165) is 49.1 Å². The molecule has 0 saturated heterocycles. The number of pyridine rings is 1. The Hall–Kier alpha value is -4.05. The summed E-state index contributed by atoms with van der Waals surface area (Å²) in [6.45, 7) is 4.44. The van der Waals surface area contributed by atoms with Gasteiger partial charge < -0.3 is 15.2 Å². The second-order valence-electron chi connectivity index (χ2n) is 8.60. The van der Waals surface area contributed by atoms with E-state index in [1.54, 1.807) is 22.0 Å². The Bertz CT molecular complexity index is 1620. The monoisotopic (exact) mass is 528 g/mol. The molecular weight excluding hydrogens is 508 g/mol. The van der Waals surface area contributed by atoms with Crippen LogP contribution in [0.4, 0.5) is 17.5 Å². The van der Waals surface area contributed by atoms with Gasteiger partial charge in [-0.3, -0.25) is 9.48 Å². The van der Waals surface area contributed by atoms with E-state index in [-0.39, 0.29) is 5.91 Å². The van der Waals surface area contributed by atoms with Gasteiger partial charge in [-0.1, -0.05) is 12.1 Å². The minimum absolute atomic E-state index is 0.105. The van der Waals surface area contributed by atoms with Crippen molar-refractivity contribution < 1.29 is 4.79 Å². The largest absolute Gasteiger partial charge is 0.359 e. The van der Waals surface area contributed by atoms with Gasteiger partial charge in [-0.15, -0.1) is 0 Å². The first-order valence-corrected chi connectivity index (χ1v) is 11.9. The lowest BCUT2D eigenvalue weighted by Gasteiger charge is -2.16. The normalized spacial score (nSPS) is 13.0. The third kappa shape index (κ3) is 3.57. The zero-order valence-electron chi connectivity index (χ0n) is 19.3.